The molecule has 0 radical (unpaired) electrons. The number of nitrogens with one attached hydrogen (secondary N) is 1. The lowest BCUT2D eigenvalue weighted by atomic mass is 10.1. The Balaban J connectivity index is 2.13. The zero-order chi connectivity index (χ0) is 17.5. The van der Waals surface area contributed by atoms with E-state index in [1.54, 1.807) is 48.5 Å². The Hall–Kier alpha value is -3.35. The Kier molecular flexibility index (Phi) is 5.51. The summed E-state index contributed by atoms with van der Waals surface area (Å²) in [7, 11) is 1.29. The van der Waals surface area contributed by atoms with Crippen molar-refractivity contribution in [2.45, 2.75) is 6.54 Å². The molecule has 0 spiro atoms. The number of aliphatic imine (C=N–C) groups is 1. The van der Waals surface area contributed by atoms with Crippen molar-refractivity contribution in [2.75, 3.05) is 12.4 Å². The van der Waals surface area contributed by atoms with Gasteiger partial charge in [0, 0.05) is 5.56 Å². The molecule has 24 heavy (non-hydrogen) atoms. The van der Waals surface area contributed by atoms with Crippen molar-refractivity contribution < 1.29 is 14.3 Å². The highest BCUT2D eigenvalue weighted by Crippen LogP contribution is 2.17. The van der Waals surface area contributed by atoms with Crippen LogP contribution in [0.5, 0.6) is 0 Å². The van der Waals surface area contributed by atoms with E-state index in [9.17, 15) is 9.59 Å². The molecule has 0 atom stereocenters. The van der Waals surface area contributed by atoms with Gasteiger partial charge in [-0.15, -0.1) is 0 Å². The number of carbonyl (C=O) groups excluding carboxylic acids is 2. The molecule has 2 aromatic rings. The van der Waals surface area contributed by atoms with Crippen LogP contribution in [-0.4, -0.2) is 24.9 Å². The predicted molar refractivity (Wildman–Crippen MR) is 91.7 cm³/mol. The highest BCUT2D eigenvalue weighted by molar-refractivity contribution is 6.08. The molecule has 7 nitrogen and oxygen atoms in total. The van der Waals surface area contributed by atoms with Crippen molar-refractivity contribution in [1.82, 2.24) is 0 Å². The Morgan fingerprint density at radius 3 is 2.38 bits per heavy atom. The molecule has 7 heteroatoms. The first-order valence-electron chi connectivity index (χ1n) is 7.14. The minimum Gasteiger partial charge on any atom is -0.465 e. The molecule has 0 aliphatic heterocycles. The van der Waals surface area contributed by atoms with Crippen LogP contribution in [0, 0.1) is 0 Å². The summed E-state index contributed by atoms with van der Waals surface area (Å²) in [6.45, 7) is 0.343. The van der Waals surface area contributed by atoms with Crippen LogP contribution >= 0.6 is 0 Å². The molecule has 1 amide bonds. The average molecular weight is 326 g/mol. The number of anilines is 1. The summed E-state index contributed by atoms with van der Waals surface area (Å²) >= 11 is 0. The van der Waals surface area contributed by atoms with E-state index in [0.29, 0.717) is 17.8 Å². The Bertz CT molecular complexity index is 766. The maximum atomic E-state index is 12.3. The number of amides is 1. The van der Waals surface area contributed by atoms with Crippen molar-refractivity contribution in [3.05, 3.63) is 65.2 Å². The predicted octanol–water partition coefficient (Wildman–Crippen LogP) is 1.50. The number of guanidine groups is 1. The third-order valence-electron chi connectivity index (χ3n) is 3.24. The second-order valence-corrected chi connectivity index (χ2v) is 4.93. The van der Waals surface area contributed by atoms with Gasteiger partial charge in [-0.05, 0) is 29.8 Å². The highest BCUT2D eigenvalue weighted by Gasteiger charge is 2.14. The Morgan fingerprint density at radius 1 is 1.08 bits per heavy atom. The van der Waals surface area contributed by atoms with Gasteiger partial charge in [0.1, 0.15) is 0 Å². The lowest BCUT2D eigenvalue weighted by Crippen LogP contribution is -2.22. The van der Waals surface area contributed by atoms with Gasteiger partial charge in [0.2, 0.25) is 0 Å². The number of benzene rings is 2. The molecule has 0 aliphatic rings. The van der Waals surface area contributed by atoms with E-state index < -0.39 is 5.97 Å². The van der Waals surface area contributed by atoms with Gasteiger partial charge in [0.25, 0.3) is 5.91 Å². The smallest absolute Gasteiger partial charge is 0.339 e. The van der Waals surface area contributed by atoms with E-state index in [1.807, 2.05) is 0 Å². The van der Waals surface area contributed by atoms with Gasteiger partial charge in [-0.2, -0.15) is 0 Å². The van der Waals surface area contributed by atoms with Crippen molar-refractivity contribution in [2.24, 2.45) is 16.5 Å². The van der Waals surface area contributed by atoms with Crippen LogP contribution in [0.1, 0.15) is 26.3 Å². The van der Waals surface area contributed by atoms with E-state index in [2.05, 4.69) is 10.3 Å². The average Bonchev–Trinajstić information content (AvgIpc) is 2.60. The Labute approximate surface area is 139 Å². The fraction of sp³-hybridized carbons (Fsp3) is 0.118. The lowest BCUT2D eigenvalue weighted by Gasteiger charge is -2.10. The van der Waals surface area contributed by atoms with E-state index >= 15 is 0 Å². The minimum atomic E-state index is -0.515. The van der Waals surface area contributed by atoms with Crippen LogP contribution in [0.2, 0.25) is 0 Å². The molecular formula is C17H18N4O3. The van der Waals surface area contributed by atoms with Gasteiger partial charge in [-0.3, -0.25) is 4.79 Å². The number of carbonyl (C=O) groups is 2. The zero-order valence-corrected chi connectivity index (χ0v) is 13.2. The number of nitrogens with two attached hydrogens (primary N) is 2. The number of esters is 1. The summed E-state index contributed by atoms with van der Waals surface area (Å²) in [6.07, 6.45) is 0. The number of nitrogens with zero attached hydrogens (tertiary/aromatic N) is 1. The summed E-state index contributed by atoms with van der Waals surface area (Å²) in [5.41, 5.74) is 12.6. The van der Waals surface area contributed by atoms with Crippen molar-refractivity contribution in [3.63, 3.8) is 0 Å². The van der Waals surface area contributed by atoms with Crippen molar-refractivity contribution in [1.29, 1.82) is 0 Å². The van der Waals surface area contributed by atoms with Crippen molar-refractivity contribution in [3.8, 4) is 0 Å². The van der Waals surface area contributed by atoms with Gasteiger partial charge >= 0.3 is 5.97 Å². The van der Waals surface area contributed by atoms with E-state index in [-0.39, 0.29) is 17.4 Å². The van der Waals surface area contributed by atoms with Gasteiger partial charge < -0.3 is 21.5 Å². The van der Waals surface area contributed by atoms with E-state index in [0.717, 1.165) is 5.56 Å². The molecular weight excluding hydrogens is 308 g/mol. The summed E-state index contributed by atoms with van der Waals surface area (Å²) in [5, 5.41) is 2.70. The first-order chi connectivity index (χ1) is 11.5. The third kappa shape index (κ3) is 4.33. The van der Waals surface area contributed by atoms with Crippen LogP contribution in [0.15, 0.2) is 53.5 Å². The molecule has 2 rings (SSSR count). The molecule has 0 aromatic heterocycles. The van der Waals surface area contributed by atoms with Crippen LogP contribution < -0.4 is 16.8 Å². The maximum Gasteiger partial charge on any atom is 0.339 e. The standard InChI is InChI=1S/C17H18N4O3/c1-24-16(23)13-4-2-3-5-14(13)21-15(22)12-8-6-11(7-9-12)10-20-17(18)19/h2-9H,10H2,1H3,(H,21,22)(H4,18,19,20). The van der Waals surface area contributed by atoms with Crippen LogP contribution in [0.25, 0.3) is 0 Å². The maximum absolute atomic E-state index is 12.3. The molecule has 0 heterocycles. The molecule has 0 unspecified atom stereocenters. The van der Waals surface area contributed by atoms with Crippen molar-refractivity contribution >= 4 is 23.5 Å². The molecule has 0 bridgehead atoms. The monoisotopic (exact) mass is 326 g/mol. The van der Waals surface area contributed by atoms with Crippen LogP contribution in [0.4, 0.5) is 5.69 Å². The Morgan fingerprint density at radius 2 is 1.75 bits per heavy atom. The summed E-state index contributed by atoms with van der Waals surface area (Å²) in [5.74, 6) is -0.838. The fourth-order valence-corrected chi connectivity index (χ4v) is 2.02. The van der Waals surface area contributed by atoms with Crippen LogP contribution in [0.3, 0.4) is 0 Å². The normalized spacial score (nSPS) is 9.88. The zero-order valence-electron chi connectivity index (χ0n) is 13.2. The number of methoxy groups -OCH3 is 1. The fourth-order valence-electron chi connectivity index (χ4n) is 2.02. The van der Waals surface area contributed by atoms with E-state index in [4.69, 9.17) is 16.2 Å². The number of para-hydroxylation sites is 1. The summed E-state index contributed by atoms with van der Waals surface area (Å²) < 4.78 is 4.70. The van der Waals surface area contributed by atoms with Gasteiger partial charge in [-0.1, -0.05) is 24.3 Å². The highest BCUT2D eigenvalue weighted by atomic mass is 16.5. The second kappa shape index (κ2) is 7.77. The molecule has 0 saturated carbocycles. The SMILES string of the molecule is COC(=O)c1ccccc1NC(=O)c1ccc(CN=C(N)N)cc1. The topological polar surface area (TPSA) is 120 Å². The number of hydrogen-bond acceptors (Lipinski definition) is 4. The second-order valence-electron chi connectivity index (χ2n) is 4.93. The minimum absolute atomic E-state index is 0.0104. The van der Waals surface area contributed by atoms with E-state index in [1.165, 1.54) is 7.11 Å². The number of hydrogen-bond donors (Lipinski definition) is 3. The molecule has 0 aliphatic carbocycles. The quantitative estimate of drug-likeness (QED) is 0.437. The lowest BCUT2D eigenvalue weighted by molar-refractivity contribution is 0.0602. The number of ether oxygens (including phenoxy) is 1. The first-order valence-corrected chi connectivity index (χ1v) is 7.14. The van der Waals surface area contributed by atoms with Gasteiger partial charge in [0.15, 0.2) is 5.96 Å². The summed E-state index contributed by atoms with van der Waals surface area (Å²) in [6, 6.07) is 13.5. The molecule has 5 N–H and O–H groups in total. The third-order valence-corrected chi connectivity index (χ3v) is 3.24. The first kappa shape index (κ1) is 17.0. The molecule has 124 valence electrons. The van der Waals surface area contributed by atoms with Gasteiger partial charge in [0.05, 0.1) is 24.9 Å². The molecule has 2 aromatic carbocycles. The largest absolute Gasteiger partial charge is 0.465 e. The number of rotatable bonds is 5. The molecule has 0 saturated heterocycles. The van der Waals surface area contributed by atoms with Gasteiger partial charge in [-0.25, -0.2) is 9.79 Å². The summed E-state index contributed by atoms with van der Waals surface area (Å²) in [4.78, 5) is 27.9. The molecule has 0 fully saturated rings. The van der Waals surface area contributed by atoms with Crippen LogP contribution in [-0.2, 0) is 11.3 Å².